The minimum atomic E-state index is -0.661. The van der Waals surface area contributed by atoms with E-state index in [1.54, 1.807) is 0 Å². The van der Waals surface area contributed by atoms with Gasteiger partial charge in [-0.25, -0.2) is 4.99 Å². The molecule has 0 saturated heterocycles. The van der Waals surface area contributed by atoms with Crippen LogP contribution in [-0.4, -0.2) is 30.7 Å². The molecule has 7 rings (SSSR count). The number of nitrogens with zero attached hydrogens (tertiary/aromatic N) is 2. The molecule has 0 bridgehead atoms. The molecular weight excluding hydrogens is 563 g/mol. The van der Waals surface area contributed by atoms with Crippen LogP contribution in [0.1, 0.15) is 41.8 Å². The van der Waals surface area contributed by atoms with Crippen molar-refractivity contribution in [3.05, 3.63) is 180 Å². The molecule has 0 spiro atoms. The summed E-state index contributed by atoms with van der Waals surface area (Å²) in [7, 11) is -0.661. The number of hydrogen-bond donors (Lipinski definition) is 0. The number of rotatable bonds is 10. The molecule has 46 heavy (non-hydrogen) atoms. The van der Waals surface area contributed by atoms with Gasteiger partial charge < -0.3 is 13.8 Å². The second-order valence-corrected chi connectivity index (χ2v) is 11.1. The molecule has 4 nitrogen and oxygen atoms in total. The van der Waals surface area contributed by atoms with Gasteiger partial charge in [0, 0.05) is 46.7 Å². The van der Waals surface area contributed by atoms with Gasteiger partial charge in [-0.1, -0.05) is 146 Å². The highest BCUT2D eigenvalue weighted by Crippen LogP contribution is 2.45. The Labute approximate surface area is 271 Å². The fourth-order valence-electron chi connectivity index (χ4n) is 6.28. The molecule has 224 valence electrons. The summed E-state index contributed by atoms with van der Waals surface area (Å²) in [6.45, 7) is 5.01. The topological polar surface area (TPSA) is 35.8 Å². The van der Waals surface area contributed by atoms with Gasteiger partial charge in [0.25, 0.3) is 0 Å². The van der Waals surface area contributed by atoms with Crippen molar-refractivity contribution in [2.75, 3.05) is 13.2 Å². The SMILES string of the molecule is CCOB(OCC)n1c(-c2ccccc2)cc(-c2ccccc2)c1/C(=C1\N=C(c2ccccc2)c2ccccc21)c1ccccc1. The van der Waals surface area contributed by atoms with Crippen LogP contribution in [0.5, 0.6) is 0 Å². The summed E-state index contributed by atoms with van der Waals surface area (Å²) in [4.78, 5) is 5.49. The zero-order valence-electron chi connectivity index (χ0n) is 26.1. The van der Waals surface area contributed by atoms with Crippen LogP contribution >= 0.6 is 0 Å². The third-order valence-corrected chi connectivity index (χ3v) is 8.26. The van der Waals surface area contributed by atoms with Gasteiger partial charge in [-0.2, -0.15) is 0 Å². The first kappa shape index (κ1) is 29.5. The van der Waals surface area contributed by atoms with E-state index in [0.29, 0.717) is 13.2 Å². The second kappa shape index (κ2) is 13.4. The lowest BCUT2D eigenvalue weighted by atomic mass is 9.90. The van der Waals surface area contributed by atoms with Crippen LogP contribution in [-0.2, 0) is 9.31 Å². The standard InChI is InChI=1S/C41H35BN2O2/c1-3-45-42(46-4-2)44-37(31-21-11-6-12-22-31)29-36(30-19-9-5-10-20-30)41(44)38(32-23-13-7-14-24-32)40-35-28-18-17-27-34(35)39(43-40)33-25-15-8-16-26-33/h5-29H,3-4H2,1-2H3/b40-38-. The monoisotopic (exact) mass is 598 g/mol. The van der Waals surface area contributed by atoms with Crippen LogP contribution in [0, 0.1) is 0 Å². The molecule has 0 radical (unpaired) electrons. The van der Waals surface area contributed by atoms with Crippen molar-refractivity contribution in [3.8, 4) is 22.4 Å². The molecule has 0 saturated carbocycles. The minimum Gasteiger partial charge on any atom is -0.392 e. The summed E-state index contributed by atoms with van der Waals surface area (Å²) in [5.74, 6) is 0. The lowest BCUT2D eigenvalue weighted by molar-refractivity contribution is 0.205. The Morgan fingerprint density at radius 2 is 1.07 bits per heavy atom. The Morgan fingerprint density at radius 3 is 1.65 bits per heavy atom. The highest BCUT2D eigenvalue weighted by Gasteiger charge is 2.35. The van der Waals surface area contributed by atoms with E-state index in [-0.39, 0.29) is 0 Å². The smallest absolute Gasteiger partial charge is 0.392 e. The number of hydrogen-bond acceptors (Lipinski definition) is 3. The van der Waals surface area contributed by atoms with Gasteiger partial charge in [0.1, 0.15) is 0 Å². The average molecular weight is 599 g/mol. The number of benzene rings is 5. The zero-order valence-corrected chi connectivity index (χ0v) is 26.1. The quantitative estimate of drug-likeness (QED) is 0.147. The van der Waals surface area contributed by atoms with Crippen LogP contribution in [0.15, 0.2) is 157 Å². The minimum absolute atomic E-state index is 0.494. The summed E-state index contributed by atoms with van der Waals surface area (Å²) in [5, 5.41) is 0. The summed E-state index contributed by atoms with van der Waals surface area (Å²) in [6, 6.07) is 52.9. The summed E-state index contributed by atoms with van der Waals surface area (Å²) in [6.07, 6.45) is 0. The molecule has 1 aliphatic heterocycles. The van der Waals surface area contributed by atoms with Gasteiger partial charge in [-0.15, -0.1) is 0 Å². The van der Waals surface area contributed by atoms with E-state index in [9.17, 15) is 0 Å². The van der Waals surface area contributed by atoms with Gasteiger partial charge >= 0.3 is 7.25 Å². The van der Waals surface area contributed by atoms with Crippen molar-refractivity contribution < 1.29 is 9.31 Å². The van der Waals surface area contributed by atoms with Gasteiger partial charge in [-0.05, 0) is 36.6 Å². The Bertz CT molecular complexity index is 1990. The maximum Gasteiger partial charge on any atom is 0.598 e. The highest BCUT2D eigenvalue weighted by molar-refractivity contribution is 6.44. The molecule has 0 unspecified atom stereocenters. The van der Waals surface area contributed by atoms with Gasteiger partial charge in [0.05, 0.1) is 17.1 Å². The van der Waals surface area contributed by atoms with E-state index in [1.807, 2.05) is 26.0 Å². The van der Waals surface area contributed by atoms with Gasteiger partial charge in [-0.3, -0.25) is 0 Å². The molecule has 0 aliphatic carbocycles. The van der Waals surface area contributed by atoms with Gasteiger partial charge in [0.2, 0.25) is 0 Å². The van der Waals surface area contributed by atoms with E-state index >= 15 is 0 Å². The first-order valence-corrected chi connectivity index (χ1v) is 15.9. The van der Waals surface area contributed by atoms with E-state index in [2.05, 4.69) is 144 Å². The first-order chi connectivity index (χ1) is 22.8. The van der Waals surface area contributed by atoms with Crippen molar-refractivity contribution in [1.29, 1.82) is 0 Å². The third-order valence-electron chi connectivity index (χ3n) is 8.26. The Morgan fingerprint density at radius 1 is 0.565 bits per heavy atom. The average Bonchev–Trinajstić information content (AvgIpc) is 3.70. The summed E-state index contributed by atoms with van der Waals surface area (Å²) < 4.78 is 15.1. The molecule has 2 heterocycles. The molecule has 0 fully saturated rings. The van der Waals surface area contributed by atoms with Crippen LogP contribution in [0.3, 0.4) is 0 Å². The maximum absolute atomic E-state index is 6.41. The molecule has 5 aromatic carbocycles. The van der Waals surface area contributed by atoms with Crippen molar-refractivity contribution in [2.24, 2.45) is 4.99 Å². The summed E-state index contributed by atoms with van der Waals surface area (Å²) in [5.41, 5.74) is 12.5. The van der Waals surface area contributed by atoms with Crippen LogP contribution in [0.25, 0.3) is 33.7 Å². The normalized spacial score (nSPS) is 13.3. The lowest BCUT2D eigenvalue weighted by Crippen LogP contribution is -2.34. The molecular formula is C41H35BN2O2. The predicted molar refractivity (Wildman–Crippen MR) is 191 cm³/mol. The van der Waals surface area contributed by atoms with Gasteiger partial charge in [0.15, 0.2) is 0 Å². The fourth-order valence-corrected chi connectivity index (χ4v) is 6.28. The van der Waals surface area contributed by atoms with Crippen molar-refractivity contribution in [2.45, 2.75) is 13.8 Å². The van der Waals surface area contributed by atoms with E-state index in [0.717, 1.165) is 67.3 Å². The molecule has 0 amide bonds. The number of aliphatic imine (C=N–C) groups is 1. The van der Waals surface area contributed by atoms with Crippen molar-refractivity contribution in [3.63, 3.8) is 0 Å². The molecule has 1 aromatic heterocycles. The second-order valence-electron chi connectivity index (χ2n) is 11.1. The Hall–Kier alpha value is -5.23. The molecule has 1 aliphatic rings. The Balaban J connectivity index is 1.65. The molecule has 0 N–H and O–H groups in total. The predicted octanol–water partition coefficient (Wildman–Crippen LogP) is 9.50. The lowest BCUT2D eigenvalue weighted by Gasteiger charge is -2.23. The largest absolute Gasteiger partial charge is 0.598 e. The molecule has 6 aromatic rings. The Kier molecular flexibility index (Phi) is 8.60. The highest BCUT2D eigenvalue weighted by atomic mass is 16.6. The first-order valence-electron chi connectivity index (χ1n) is 15.9. The van der Waals surface area contributed by atoms with Crippen LogP contribution in [0.2, 0.25) is 0 Å². The zero-order chi connectivity index (χ0) is 31.3. The van der Waals surface area contributed by atoms with E-state index in [4.69, 9.17) is 14.3 Å². The molecule has 0 atom stereocenters. The van der Waals surface area contributed by atoms with Crippen LogP contribution < -0.4 is 0 Å². The number of aromatic nitrogens is 1. The maximum atomic E-state index is 6.41. The van der Waals surface area contributed by atoms with Crippen LogP contribution in [0.4, 0.5) is 0 Å². The van der Waals surface area contributed by atoms with E-state index in [1.165, 1.54) is 0 Å². The van der Waals surface area contributed by atoms with E-state index < -0.39 is 7.25 Å². The third kappa shape index (κ3) is 5.56. The van der Waals surface area contributed by atoms with Crippen molar-refractivity contribution >= 4 is 24.2 Å². The summed E-state index contributed by atoms with van der Waals surface area (Å²) >= 11 is 0. The molecule has 5 heteroatoms. The van der Waals surface area contributed by atoms with Crippen molar-refractivity contribution in [1.82, 2.24) is 4.48 Å². The number of fused-ring (bicyclic) bond motifs is 1. The fraction of sp³-hybridized carbons (Fsp3) is 0.0976.